The monoisotopic (exact) mass is 349 g/mol. The zero-order valence-corrected chi connectivity index (χ0v) is 14.7. The highest BCUT2D eigenvalue weighted by Crippen LogP contribution is 2.46. The zero-order chi connectivity index (χ0) is 17.4. The number of amides is 1. The summed E-state index contributed by atoms with van der Waals surface area (Å²) in [5.74, 6) is 0. The van der Waals surface area contributed by atoms with E-state index in [1.54, 1.807) is 18.2 Å². The Morgan fingerprint density at radius 1 is 1.21 bits per heavy atom. The van der Waals surface area contributed by atoms with E-state index < -0.39 is 22.2 Å². The molecule has 2 fully saturated rings. The van der Waals surface area contributed by atoms with Crippen LogP contribution in [0, 0.1) is 12.3 Å². The van der Waals surface area contributed by atoms with Gasteiger partial charge in [-0.15, -0.1) is 6.58 Å². The van der Waals surface area contributed by atoms with Crippen molar-refractivity contribution in [1.82, 2.24) is 4.31 Å². The maximum Gasteiger partial charge on any atom is 0.424 e. The van der Waals surface area contributed by atoms with Gasteiger partial charge in [0, 0.05) is 5.41 Å². The summed E-state index contributed by atoms with van der Waals surface area (Å²) in [7, 11) is -3.98. The molecule has 24 heavy (non-hydrogen) atoms. The molecule has 0 bridgehead atoms. The summed E-state index contributed by atoms with van der Waals surface area (Å²) >= 11 is 0. The van der Waals surface area contributed by atoms with Crippen molar-refractivity contribution in [1.29, 1.82) is 0 Å². The van der Waals surface area contributed by atoms with Crippen molar-refractivity contribution in [2.75, 3.05) is 6.61 Å². The van der Waals surface area contributed by atoms with E-state index in [1.165, 1.54) is 12.1 Å². The number of nitrogens with zero attached hydrogens (tertiary/aromatic N) is 1. The number of carbonyl (C=O) groups is 1. The molecule has 1 aliphatic heterocycles. The van der Waals surface area contributed by atoms with Crippen LogP contribution in [0.5, 0.6) is 0 Å². The molecule has 1 aliphatic carbocycles. The SMILES string of the molecule is C=CC1N(S(=O)(=O)c2ccc(C)cc2)C(=O)OCC12CCCCC2. The summed E-state index contributed by atoms with van der Waals surface area (Å²) in [4.78, 5) is 12.5. The fourth-order valence-electron chi connectivity index (χ4n) is 3.83. The van der Waals surface area contributed by atoms with Gasteiger partial charge >= 0.3 is 6.09 Å². The van der Waals surface area contributed by atoms with Gasteiger partial charge in [0.25, 0.3) is 10.0 Å². The lowest BCUT2D eigenvalue weighted by atomic mass is 9.69. The van der Waals surface area contributed by atoms with Crippen molar-refractivity contribution in [3.05, 3.63) is 42.5 Å². The van der Waals surface area contributed by atoms with Crippen LogP contribution in [0.2, 0.25) is 0 Å². The van der Waals surface area contributed by atoms with Crippen molar-refractivity contribution < 1.29 is 17.9 Å². The topological polar surface area (TPSA) is 63.7 Å². The molecule has 1 atom stereocenters. The fraction of sp³-hybridized carbons (Fsp3) is 0.500. The van der Waals surface area contributed by atoms with Crippen molar-refractivity contribution >= 4 is 16.1 Å². The van der Waals surface area contributed by atoms with E-state index in [4.69, 9.17) is 4.74 Å². The Hall–Kier alpha value is -1.82. The number of ether oxygens (including phenoxy) is 1. The molecular formula is C18H23NO4S. The molecule has 2 aliphatic rings. The molecular weight excluding hydrogens is 326 g/mol. The smallest absolute Gasteiger partial charge is 0.424 e. The predicted octanol–water partition coefficient (Wildman–Crippen LogP) is 3.64. The fourth-order valence-corrected chi connectivity index (χ4v) is 5.39. The first kappa shape index (κ1) is 17.0. The lowest BCUT2D eigenvalue weighted by Gasteiger charge is -2.48. The Morgan fingerprint density at radius 3 is 2.42 bits per heavy atom. The van der Waals surface area contributed by atoms with Crippen LogP contribution in [-0.2, 0) is 14.8 Å². The van der Waals surface area contributed by atoms with E-state index in [0.717, 1.165) is 42.0 Å². The van der Waals surface area contributed by atoms with Gasteiger partial charge in [0.05, 0.1) is 10.9 Å². The molecule has 0 N–H and O–H groups in total. The third-order valence-electron chi connectivity index (χ3n) is 5.19. The first-order valence-corrected chi connectivity index (χ1v) is 9.75. The standard InChI is InChI=1S/C18H23NO4S/c1-3-16-18(11-5-4-6-12-18)13-23-17(20)19(16)24(21,22)15-9-7-14(2)8-10-15/h3,7-10,16H,1,4-6,11-13H2,2H3. The van der Waals surface area contributed by atoms with E-state index in [-0.39, 0.29) is 16.9 Å². The van der Waals surface area contributed by atoms with E-state index in [1.807, 2.05) is 6.92 Å². The van der Waals surface area contributed by atoms with Gasteiger partial charge in [0.15, 0.2) is 0 Å². The van der Waals surface area contributed by atoms with Crippen LogP contribution in [0.15, 0.2) is 41.8 Å². The van der Waals surface area contributed by atoms with Crippen molar-refractivity contribution in [3.8, 4) is 0 Å². The lowest BCUT2D eigenvalue weighted by molar-refractivity contribution is -0.0245. The molecule has 5 nitrogen and oxygen atoms in total. The van der Waals surface area contributed by atoms with E-state index in [9.17, 15) is 13.2 Å². The van der Waals surface area contributed by atoms with Gasteiger partial charge in [-0.3, -0.25) is 0 Å². The number of benzene rings is 1. The summed E-state index contributed by atoms with van der Waals surface area (Å²) < 4.78 is 32.4. The molecule has 1 unspecified atom stereocenters. The Morgan fingerprint density at radius 2 is 1.83 bits per heavy atom. The number of cyclic esters (lactones) is 1. The molecule has 1 saturated carbocycles. The molecule has 0 radical (unpaired) electrons. The van der Waals surface area contributed by atoms with Crippen molar-refractivity contribution in [2.45, 2.75) is 50.0 Å². The maximum absolute atomic E-state index is 13.1. The molecule has 1 heterocycles. The predicted molar refractivity (Wildman–Crippen MR) is 91.1 cm³/mol. The number of hydrogen-bond donors (Lipinski definition) is 0. The van der Waals surface area contributed by atoms with Gasteiger partial charge in [0.2, 0.25) is 0 Å². The first-order valence-electron chi connectivity index (χ1n) is 8.31. The van der Waals surface area contributed by atoms with Crippen LogP contribution in [-0.4, -0.2) is 31.5 Å². The van der Waals surface area contributed by atoms with Crippen LogP contribution in [0.4, 0.5) is 4.79 Å². The lowest BCUT2D eigenvalue weighted by Crippen LogP contribution is -2.59. The van der Waals surface area contributed by atoms with Crippen molar-refractivity contribution in [3.63, 3.8) is 0 Å². The highest BCUT2D eigenvalue weighted by Gasteiger charge is 2.52. The van der Waals surface area contributed by atoms with Gasteiger partial charge in [0.1, 0.15) is 6.61 Å². The second-order valence-corrected chi connectivity index (χ2v) is 8.59. The van der Waals surface area contributed by atoms with Gasteiger partial charge in [-0.25, -0.2) is 13.2 Å². The zero-order valence-electron chi connectivity index (χ0n) is 13.9. The Balaban J connectivity index is 2.04. The minimum Gasteiger partial charge on any atom is -0.448 e. The number of aryl methyl sites for hydroxylation is 1. The molecule has 1 amide bonds. The molecule has 3 rings (SSSR count). The summed E-state index contributed by atoms with van der Waals surface area (Å²) in [6.07, 6.45) is 5.63. The molecule has 0 aromatic heterocycles. The first-order chi connectivity index (χ1) is 11.4. The van der Waals surface area contributed by atoms with Crippen LogP contribution in [0.1, 0.15) is 37.7 Å². The molecule has 130 valence electrons. The molecule has 1 aromatic rings. The number of carbonyl (C=O) groups excluding carboxylic acids is 1. The Bertz CT molecular complexity index is 733. The Kier molecular flexibility index (Phi) is 4.42. The number of rotatable bonds is 3. The third-order valence-corrected chi connectivity index (χ3v) is 6.96. The molecule has 6 heteroatoms. The average Bonchev–Trinajstić information content (AvgIpc) is 2.58. The average molecular weight is 349 g/mol. The van der Waals surface area contributed by atoms with Crippen LogP contribution >= 0.6 is 0 Å². The minimum atomic E-state index is -3.98. The summed E-state index contributed by atoms with van der Waals surface area (Å²) in [5, 5.41) is 0. The maximum atomic E-state index is 13.1. The van der Waals surface area contributed by atoms with Gasteiger partial charge in [-0.05, 0) is 31.9 Å². The molecule has 1 saturated heterocycles. The van der Waals surface area contributed by atoms with Crippen LogP contribution in [0.25, 0.3) is 0 Å². The van der Waals surface area contributed by atoms with Gasteiger partial charge < -0.3 is 4.74 Å². The number of sulfonamides is 1. The van der Waals surface area contributed by atoms with Crippen LogP contribution in [0.3, 0.4) is 0 Å². The van der Waals surface area contributed by atoms with Crippen molar-refractivity contribution in [2.24, 2.45) is 5.41 Å². The quantitative estimate of drug-likeness (QED) is 0.782. The normalized spacial score (nSPS) is 23.8. The number of hydrogen-bond acceptors (Lipinski definition) is 4. The van der Waals surface area contributed by atoms with Gasteiger partial charge in [-0.2, -0.15) is 4.31 Å². The second-order valence-electron chi connectivity index (χ2n) is 6.77. The largest absolute Gasteiger partial charge is 0.448 e. The summed E-state index contributed by atoms with van der Waals surface area (Å²) in [5.41, 5.74) is 0.602. The minimum absolute atomic E-state index is 0.102. The van der Waals surface area contributed by atoms with Gasteiger partial charge in [-0.1, -0.05) is 43.0 Å². The summed E-state index contributed by atoms with van der Waals surface area (Å²) in [6.45, 7) is 5.98. The van der Waals surface area contributed by atoms with E-state index in [0.29, 0.717) is 0 Å². The molecule has 1 spiro atoms. The summed E-state index contributed by atoms with van der Waals surface area (Å²) in [6, 6.07) is 5.94. The van der Waals surface area contributed by atoms with E-state index >= 15 is 0 Å². The highest BCUT2D eigenvalue weighted by molar-refractivity contribution is 7.89. The Labute approximate surface area is 143 Å². The second kappa shape index (κ2) is 6.24. The van der Waals surface area contributed by atoms with Crippen LogP contribution < -0.4 is 0 Å². The molecule has 1 aromatic carbocycles. The van der Waals surface area contributed by atoms with E-state index in [2.05, 4.69) is 6.58 Å². The highest BCUT2D eigenvalue weighted by atomic mass is 32.2. The third kappa shape index (κ3) is 2.73.